The van der Waals surface area contributed by atoms with Crippen LogP contribution in [0.25, 0.3) is 10.9 Å². The molecule has 8 heteroatoms. The number of piperidine rings is 1. The van der Waals surface area contributed by atoms with E-state index in [0.717, 1.165) is 72.0 Å². The number of rotatable bonds is 7. The van der Waals surface area contributed by atoms with Gasteiger partial charge < -0.3 is 19.7 Å². The average Bonchev–Trinajstić information content (AvgIpc) is 3.22. The number of aromatic nitrogens is 2. The van der Waals surface area contributed by atoms with E-state index in [-0.39, 0.29) is 11.8 Å². The molecule has 1 fully saturated rings. The summed E-state index contributed by atoms with van der Waals surface area (Å²) in [6.45, 7) is 6.24. The number of aryl methyl sites for hydroxylation is 2. The number of methoxy groups -OCH3 is 2. The maximum atomic E-state index is 12.9. The monoisotopic (exact) mass is 454 g/mol. The highest BCUT2D eigenvalue weighted by Gasteiger charge is 2.27. The largest absolute Gasteiger partial charge is 0.497 e. The lowest BCUT2D eigenvalue weighted by atomic mass is 9.95. The van der Waals surface area contributed by atoms with E-state index in [2.05, 4.69) is 34.4 Å². The minimum Gasteiger partial charge on any atom is -0.497 e. The van der Waals surface area contributed by atoms with Crippen molar-refractivity contribution in [2.75, 3.05) is 32.2 Å². The normalized spacial score (nSPS) is 14.6. The number of fused-ring (bicyclic) bond motifs is 1. The fraction of sp³-hybridized carbons (Fsp3) is 0.458. The highest BCUT2D eigenvalue weighted by atomic mass is 32.1. The van der Waals surface area contributed by atoms with Gasteiger partial charge in [-0.2, -0.15) is 0 Å². The summed E-state index contributed by atoms with van der Waals surface area (Å²) in [5.41, 5.74) is 1.93. The number of hydrogen-bond acceptors (Lipinski definition) is 7. The predicted octanol–water partition coefficient (Wildman–Crippen LogP) is 4.11. The molecule has 1 N–H and O–H groups in total. The number of benzene rings is 1. The Morgan fingerprint density at radius 1 is 1.22 bits per heavy atom. The van der Waals surface area contributed by atoms with Crippen molar-refractivity contribution in [2.45, 2.75) is 39.7 Å². The fourth-order valence-electron chi connectivity index (χ4n) is 4.23. The molecule has 7 nitrogen and oxygen atoms in total. The van der Waals surface area contributed by atoms with E-state index in [4.69, 9.17) is 14.5 Å². The van der Waals surface area contributed by atoms with Crippen LogP contribution in [0.5, 0.6) is 11.5 Å². The van der Waals surface area contributed by atoms with Gasteiger partial charge in [-0.3, -0.25) is 4.79 Å². The Morgan fingerprint density at radius 2 is 2.00 bits per heavy atom. The van der Waals surface area contributed by atoms with Crippen molar-refractivity contribution in [3.05, 3.63) is 39.8 Å². The third kappa shape index (κ3) is 4.50. The van der Waals surface area contributed by atoms with Crippen molar-refractivity contribution < 1.29 is 14.3 Å². The summed E-state index contributed by atoms with van der Waals surface area (Å²) < 4.78 is 10.7. The highest BCUT2D eigenvalue weighted by Crippen LogP contribution is 2.33. The Balaban J connectivity index is 1.41. The molecular weight excluding hydrogens is 424 g/mol. The van der Waals surface area contributed by atoms with Gasteiger partial charge in [0.25, 0.3) is 0 Å². The number of carbonyl (C=O) groups is 1. The average molecular weight is 455 g/mol. The second kappa shape index (κ2) is 9.73. The van der Waals surface area contributed by atoms with E-state index >= 15 is 0 Å². The molecule has 3 aromatic rings. The van der Waals surface area contributed by atoms with Crippen LogP contribution in [-0.2, 0) is 17.8 Å². The summed E-state index contributed by atoms with van der Waals surface area (Å²) in [6.07, 6.45) is 2.42. The summed E-state index contributed by atoms with van der Waals surface area (Å²) in [5.74, 6) is 3.46. The molecule has 32 heavy (non-hydrogen) atoms. The first-order valence-corrected chi connectivity index (χ1v) is 11.9. The molecule has 0 aliphatic carbocycles. The van der Waals surface area contributed by atoms with Crippen molar-refractivity contribution in [1.29, 1.82) is 0 Å². The van der Waals surface area contributed by atoms with Crippen LogP contribution in [0.2, 0.25) is 0 Å². The molecular formula is C24H30N4O3S. The van der Waals surface area contributed by atoms with Crippen molar-refractivity contribution in [2.24, 2.45) is 5.92 Å². The number of thiophene rings is 1. The molecule has 2 aromatic heterocycles. The zero-order chi connectivity index (χ0) is 22.7. The van der Waals surface area contributed by atoms with Crippen LogP contribution in [-0.4, -0.2) is 43.2 Å². The van der Waals surface area contributed by atoms with E-state index in [1.807, 2.05) is 18.2 Å². The van der Waals surface area contributed by atoms with Gasteiger partial charge in [-0.15, -0.1) is 11.3 Å². The van der Waals surface area contributed by atoms with Crippen molar-refractivity contribution in [3.8, 4) is 11.5 Å². The number of amides is 1. The van der Waals surface area contributed by atoms with Crippen LogP contribution in [0, 0.1) is 12.8 Å². The Morgan fingerprint density at radius 3 is 2.69 bits per heavy atom. The molecule has 0 saturated carbocycles. The van der Waals surface area contributed by atoms with Crippen LogP contribution in [0.4, 0.5) is 5.82 Å². The summed E-state index contributed by atoms with van der Waals surface area (Å²) in [5, 5.41) is 6.35. The lowest BCUT2D eigenvalue weighted by Crippen LogP contribution is -2.41. The molecule has 1 amide bonds. The molecule has 1 aromatic carbocycles. The van der Waals surface area contributed by atoms with Gasteiger partial charge in [-0.1, -0.05) is 6.92 Å². The van der Waals surface area contributed by atoms with Gasteiger partial charge >= 0.3 is 0 Å². The first-order valence-electron chi connectivity index (χ1n) is 11.0. The molecule has 0 atom stereocenters. The number of nitrogens with one attached hydrogen (secondary N) is 1. The highest BCUT2D eigenvalue weighted by molar-refractivity contribution is 7.11. The first kappa shape index (κ1) is 22.3. The Kier molecular flexibility index (Phi) is 6.79. The Hall–Kier alpha value is -2.87. The molecule has 1 aliphatic heterocycles. The van der Waals surface area contributed by atoms with E-state index in [9.17, 15) is 4.79 Å². The summed E-state index contributed by atoms with van der Waals surface area (Å²) in [7, 11) is 3.26. The Bertz CT molecular complexity index is 1110. The number of nitrogens with zero attached hydrogens (tertiary/aromatic N) is 3. The predicted molar refractivity (Wildman–Crippen MR) is 128 cm³/mol. The minimum absolute atomic E-state index is 0.00519. The minimum atomic E-state index is -0.00519. The third-order valence-corrected chi connectivity index (χ3v) is 6.98. The topological polar surface area (TPSA) is 76.6 Å². The summed E-state index contributed by atoms with van der Waals surface area (Å²) >= 11 is 1.72. The first-order chi connectivity index (χ1) is 15.5. The molecule has 4 rings (SSSR count). The van der Waals surface area contributed by atoms with Gasteiger partial charge in [0.1, 0.15) is 23.1 Å². The van der Waals surface area contributed by atoms with E-state index in [1.165, 1.54) is 4.88 Å². The molecule has 1 aliphatic rings. The fourth-order valence-corrected chi connectivity index (χ4v) is 5.00. The maximum Gasteiger partial charge on any atom is 0.223 e. The molecule has 0 radical (unpaired) electrons. The lowest BCUT2D eigenvalue weighted by molar-refractivity contribution is -0.125. The van der Waals surface area contributed by atoms with Gasteiger partial charge in [0, 0.05) is 47.8 Å². The van der Waals surface area contributed by atoms with Crippen LogP contribution in [0.3, 0.4) is 0 Å². The molecule has 3 heterocycles. The van der Waals surface area contributed by atoms with E-state index < -0.39 is 0 Å². The van der Waals surface area contributed by atoms with Gasteiger partial charge in [-0.05, 0) is 38.0 Å². The van der Waals surface area contributed by atoms with Crippen molar-refractivity contribution >= 4 is 34.0 Å². The second-order valence-electron chi connectivity index (χ2n) is 8.03. The number of hydrogen-bond donors (Lipinski definition) is 1. The maximum absolute atomic E-state index is 12.9. The van der Waals surface area contributed by atoms with Crippen LogP contribution in [0.1, 0.15) is 36.0 Å². The van der Waals surface area contributed by atoms with Gasteiger partial charge in [0.05, 0.1) is 25.1 Å². The number of ether oxygens (including phenoxy) is 2. The number of carbonyl (C=O) groups excluding carboxylic acids is 1. The zero-order valence-electron chi connectivity index (χ0n) is 19.1. The summed E-state index contributed by atoms with van der Waals surface area (Å²) in [4.78, 5) is 26.0. The molecule has 0 spiro atoms. The van der Waals surface area contributed by atoms with Crippen LogP contribution < -0.4 is 19.7 Å². The van der Waals surface area contributed by atoms with Crippen LogP contribution >= 0.6 is 11.3 Å². The SMILES string of the molecule is CCc1nc(N2CCC(C(=O)NCc3cc(OC)ccc3OC)CC2)c2c(C)scc2n1. The summed E-state index contributed by atoms with van der Waals surface area (Å²) in [6, 6.07) is 5.61. The molecule has 170 valence electrons. The third-order valence-electron chi connectivity index (χ3n) is 6.09. The molecule has 0 unspecified atom stereocenters. The standard InChI is InChI=1S/C24H30N4O3S/c1-5-21-26-19-14-32-15(2)22(19)23(27-21)28-10-8-16(9-11-28)24(29)25-13-17-12-18(30-3)6-7-20(17)31-4/h6-7,12,14,16H,5,8-11,13H2,1-4H3,(H,25,29). The second-order valence-corrected chi connectivity index (χ2v) is 9.11. The van der Waals surface area contributed by atoms with Crippen molar-refractivity contribution in [1.82, 2.24) is 15.3 Å². The quantitative estimate of drug-likeness (QED) is 0.579. The molecule has 1 saturated heterocycles. The van der Waals surface area contributed by atoms with Gasteiger partial charge in [0.15, 0.2) is 0 Å². The van der Waals surface area contributed by atoms with Gasteiger partial charge in [-0.25, -0.2) is 9.97 Å². The lowest BCUT2D eigenvalue weighted by Gasteiger charge is -2.32. The smallest absolute Gasteiger partial charge is 0.223 e. The van der Waals surface area contributed by atoms with Crippen molar-refractivity contribution in [3.63, 3.8) is 0 Å². The van der Waals surface area contributed by atoms with E-state index in [0.29, 0.717) is 6.54 Å². The number of anilines is 1. The zero-order valence-corrected chi connectivity index (χ0v) is 19.9. The van der Waals surface area contributed by atoms with Gasteiger partial charge in [0.2, 0.25) is 5.91 Å². The Labute approximate surface area is 192 Å². The molecule has 0 bridgehead atoms. The van der Waals surface area contributed by atoms with Crippen LogP contribution in [0.15, 0.2) is 23.6 Å². The van der Waals surface area contributed by atoms with E-state index in [1.54, 1.807) is 25.6 Å².